The molecule has 130 valence electrons. The van der Waals surface area contributed by atoms with Crippen LogP contribution in [0.3, 0.4) is 0 Å². The van der Waals surface area contributed by atoms with Crippen LogP contribution in [0.5, 0.6) is 0 Å². The summed E-state index contributed by atoms with van der Waals surface area (Å²) in [7, 11) is 0. The largest absolute Gasteiger partial charge is 0.389 e. The highest BCUT2D eigenvalue weighted by atomic mass is 16.3. The highest BCUT2D eigenvalue weighted by Gasteiger charge is 2.67. The summed E-state index contributed by atoms with van der Waals surface area (Å²) < 4.78 is 0. The third kappa shape index (κ3) is 1.94. The molecule has 0 aromatic rings. The minimum Gasteiger partial charge on any atom is -0.389 e. The topological polar surface area (TPSA) is 37.3 Å². The first-order valence-electron chi connectivity index (χ1n) is 10.1. The van der Waals surface area contributed by atoms with E-state index in [4.69, 9.17) is 0 Å². The van der Waals surface area contributed by atoms with E-state index in [1.807, 2.05) is 0 Å². The molecule has 7 atom stereocenters. The SMILES string of the molecule is CC(=O)[C@H]1CC[C@]2(O)[C@@H]3CC[C@@H]4CCCC[C@]4(C)[C@H]3CC[C@]12C. The van der Waals surface area contributed by atoms with Crippen LogP contribution in [-0.4, -0.2) is 16.5 Å². The minimum absolute atomic E-state index is 0.0883. The van der Waals surface area contributed by atoms with E-state index in [0.29, 0.717) is 23.0 Å². The molecule has 4 rings (SSSR count). The van der Waals surface area contributed by atoms with Crippen LogP contribution in [-0.2, 0) is 4.79 Å². The van der Waals surface area contributed by atoms with Crippen LogP contribution >= 0.6 is 0 Å². The molecular weight excluding hydrogens is 284 g/mol. The fraction of sp³-hybridized carbons (Fsp3) is 0.952. The molecule has 0 saturated heterocycles. The van der Waals surface area contributed by atoms with Gasteiger partial charge in [-0.05, 0) is 81.5 Å². The lowest BCUT2D eigenvalue weighted by Crippen LogP contribution is -2.62. The van der Waals surface area contributed by atoms with Crippen molar-refractivity contribution >= 4 is 5.78 Å². The van der Waals surface area contributed by atoms with Crippen LogP contribution in [0, 0.1) is 34.5 Å². The molecule has 0 aromatic carbocycles. The molecule has 4 fully saturated rings. The number of carbonyl (C=O) groups excluding carboxylic acids is 1. The van der Waals surface area contributed by atoms with E-state index >= 15 is 0 Å². The lowest BCUT2D eigenvalue weighted by molar-refractivity contribution is -0.205. The molecule has 0 amide bonds. The van der Waals surface area contributed by atoms with Gasteiger partial charge in [-0.15, -0.1) is 0 Å². The Hall–Kier alpha value is -0.370. The Kier molecular flexibility index (Phi) is 3.55. The molecule has 4 aliphatic carbocycles. The van der Waals surface area contributed by atoms with Gasteiger partial charge in [0.1, 0.15) is 5.78 Å². The van der Waals surface area contributed by atoms with Crippen molar-refractivity contribution in [2.75, 3.05) is 0 Å². The van der Waals surface area contributed by atoms with Crippen molar-refractivity contribution in [1.82, 2.24) is 0 Å². The van der Waals surface area contributed by atoms with Gasteiger partial charge in [0.15, 0.2) is 0 Å². The lowest BCUT2D eigenvalue weighted by atomic mass is 9.43. The van der Waals surface area contributed by atoms with Gasteiger partial charge in [0.05, 0.1) is 5.60 Å². The van der Waals surface area contributed by atoms with Gasteiger partial charge in [0.25, 0.3) is 0 Å². The Morgan fingerprint density at radius 1 is 0.913 bits per heavy atom. The number of rotatable bonds is 1. The van der Waals surface area contributed by atoms with Crippen LogP contribution in [0.25, 0.3) is 0 Å². The second kappa shape index (κ2) is 5.07. The fourth-order valence-corrected chi connectivity index (χ4v) is 7.91. The van der Waals surface area contributed by atoms with Crippen LogP contribution in [0.2, 0.25) is 0 Å². The molecule has 1 N–H and O–H groups in total. The molecule has 4 aliphatic rings. The second-order valence-electron chi connectivity index (χ2n) is 9.82. The first-order chi connectivity index (χ1) is 10.8. The zero-order valence-corrected chi connectivity index (χ0v) is 15.2. The third-order valence-electron chi connectivity index (χ3n) is 9.26. The summed E-state index contributed by atoms with van der Waals surface area (Å²) in [6, 6.07) is 0. The Bertz CT molecular complexity index is 514. The van der Waals surface area contributed by atoms with Crippen molar-refractivity contribution in [3.8, 4) is 0 Å². The van der Waals surface area contributed by atoms with Gasteiger partial charge in [-0.1, -0.05) is 26.7 Å². The predicted molar refractivity (Wildman–Crippen MR) is 92.0 cm³/mol. The van der Waals surface area contributed by atoms with Gasteiger partial charge in [-0.25, -0.2) is 0 Å². The number of ketones is 1. The molecule has 0 bridgehead atoms. The van der Waals surface area contributed by atoms with Crippen molar-refractivity contribution < 1.29 is 9.90 Å². The van der Waals surface area contributed by atoms with E-state index in [9.17, 15) is 9.90 Å². The summed E-state index contributed by atoms with van der Waals surface area (Å²) in [4.78, 5) is 12.2. The molecule has 0 unspecified atom stereocenters. The second-order valence-corrected chi connectivity index (χ2v) is 9.82. The van der Waals surface area contributed by atoms with Gasteiger partial charge in [0, 0.05) is 11.3 Å². The van der Waals surface area contributed by atoms with Crippen molar-refractivity contribution in [1.29, 1.82) is 0 Å². The molecule has 0 aromatic heterocycles. The van der Waals surface area contributed by atoms with E-state index in [-0.39, 0.29) is 11.3 Å². The molecule has 0 spiro atoms. The van der Waals surface area contributed by atoms with Crippen molar-refractivity contribution in [2.45, 2.75) is 90.6 Å². The Labute approximate surface area is 141 Å². The zero-order valence-electron chi connectivity index (χ0n) is 15.2. The summed E-state index contributed by atoms with van der Waals surface area (Å²) in [5.74, 6) is 2.40. The molecule has 0 heterocycles. The third-order valence-corrected chi connectivity index (χ3v) is 9.26. The summed E-state index contributed by atoms with van der Waals surface area (Å²) in [6.45, 7) is 6.52. The summed E-state index contributed by atoms with van der Waals surface area (Å²) in [5.41, 5.74) is -0.303. The molecule has 4 saturated carbocycles. The number of hydrogen-bond donors (Lipinski definition) is 1. The Balaban J connectivity index is 1.70. The highest BCUT2D eigenvalue weighted by molar-refractivity contribution is 5.80. The molecule has 0 aliphatic heterocycles. The van der Waals surface area contributed by atoms with Gasteiger partial charge in [-0.2, -0.15) is 0 Å². The quantitative estimate of drug-likeness (QED) is 0.758. The maximum Gasteiger partial charge on any atom is 0.133 e. The fourth-order valence-electron chi connectivity index (χ4n) is 7.91. The van der Waals surface area contributed by atoms with E-state index in [1.165, 1.54) is 44.9 Å². The van der Waals surface area contributed by atoms with Crippen molar-refractivity contribution in [3.05, 3.63) is 0 Å². The predicted octanol–water partition coefficient (Wildman–Crippen LogP) is 4.74. The summed E-state index contributed by atoms with van der Waals surface area (Å²) in [5, 5.41) is 11.8. The monoisotopic (exact) mass is 318 g/mol. The molecule has 2 heteroatoms. The Morgan fingerprint density at radius 3 is 2.43 bits per heavy atom. The highest BCUT2D eigenvalue weighted by Crippen LogP contribution is 2.69. The van der Waals surface area contributed by atoms with E-state index in [0.717, 1.165) is 25.2 Å². The summed E-state index contributed by atoms with van der Waals surface area (Å²) in [6.07, 6.45) is 12.1. The van der Waals surface area contributed by atoms with Gasteiger partial charge in [-0.3, -0.25) is 4.79 Å². The van der Waals surface area contributed by atoms with Crippen LogP contribution < -0.4 is 0 Å². The van der Waals surface area contributed by atoms with Gasteiger partial charge < -0.3 is 5.11 Å². The smallest absolute Gasteiger partial charge is 0.133 e. The Morgan fingerprint density at radius 2 is 1.70 bits per heavy atom. The van der Waals surface area contributed by atoms with E-state index < -0.39 is 5.60 Å². The standard InChI is InChI=1S/C21H34O2/c1-14(22)16-10-13-21(23)18-8-7-15-6-4-5-11-19(15,2)17(18)9-12-20(16,21)3/h15-18,23H,4-13H2,1-3H3/t15-,16+,17-,18+,19-,20+,21-/m0/s1. The first-order valence-corrected chi connectivity index (χ1v) is 10.1. The normalized spacial score (nSPS) is 55.7. The number of aliphatic hydroxyl groups is 1. The lowest BCUT2D eigenvalue weighted by Gasteiger charge is -2.63. The van der Waals surface area contributed by atoms with Crippen molar-refractivity contribution in [2.24, 2.45) is 34.5 Å². The maximum atomic E-state index is 12.2. The van der Waals surface area contributed by atoms with Crippen molar-refractivity contribution in [3.63, 3.8) is 0 Å². The van der Waals surface area contributed by atoms with Gasteiger partial charge in [0.2, 0.25) is 0 Å². The van der Waals surface area contributed by atoms with Crippen LogP contribution in [0.4, 0.5) is 0 Å². The first kappa shape index (κ1) is 16.1. The van der Waals surface area contributed by atoms with Crippen LogP contribution in [0.1, 0.15) is 85.0 Å². The van der Waals surface area contributed by atoms with Gasteiger partial charge >= 0.3 is 0 Å². The minimum atomic E-state index is -0.586. The summed E-state index contributed by atoms with van der Waals surface area (Å²) >= 11 is 0. The molecule has 0 radical (unpaired) electrons. The zero-order chi connectivity index (χ0) is 16.5. The average Bonchev–Trinajstić information content (AvgIpc) is 2.78. The van der Waals surface area contributed by atoms with E-state index in [2.05, 4.69) is 13.8 Å². The number of hydrogen-bond acceptors (Lipinski definition) is 2. The number of carbonyl (C=O) groups is 1. The maximum absolute atomic E-state index is 12.2. The molecule has 23 heavy (non-hydrogen) atoms. The molecule has 2 nitrogen and oxygen atoms in total. The average molecular weight is 319 g/mol. The number of fused-ring (bicyclic) bond motifs is 5. The van der Waals surface area contributed by atoms with E-state index in [1.54, 1.807) is 6.92 Å². The molecular formula is C21H34O2. The van der Waals surface area contributed by atoms with Crippen LogP contribution in [0.15, 0.2) is 0 Å². The number of Topliss-reactive ketones (excluding diaryl/α,β-unsaturated/α-hetero) is 1.